The third-order valence-electron chi connectivity index (χ3n) is 5.04. The molecular formula is C23H21N2O+. The number of fused-ring (bicyclic) bond motifs is 3. The predicted molar refractivity (Wildman–Crippen MR) is 104 cm³/mol. The van der Waals surface area contributed by atoms with Gasteiger partial charge in [-0.05, 0) is 42.2 Å². The van der Waals surface area contributed by atoms with Gasteiger partial charge in [-0.1, -0.05) is 26.0 Å². The Morgan fingerprint density at radius 1 is 1.12 bits per heavy atom. The molecule has 0 saturated carbocycles. The molecule has 0 saturated heterocycles. The van der Waals surface area contributed by atoms with E-state index in [0.717, 1.165) is 38.8 Å². The van der Waals surface area contributed by atoms with Crippen LogP contribution in [0.5, 0.6) is 0 Å². The van der Waals surface area contributed by atoms with E-state index in [9.17, 15) is 5.26 Å². The highest BCUT2D eigenvalue weighted by molar-refractivity contribution is 6.11. The number of hydrogen-bond acceptors (Lipinski definition) is 2. The number of hydrogen-bond donors (Lipinski definition) is 0. The average molecular weight is 341 g/mol. The molecule has 2 aromatic carbocycles. The average Bonchev–Trinajstić information content (AvgIpc) is 2.99. The quantitative estimate of drug-likeness (QED) is 0.459. The highest BCUT2D eigenvalue weighted by atomic mass is 16.3. The minimum atomic E-state index is 0.309. The molecular weight excluding hydrogens is 320 g/mol. The van der Waals surface area contributed by atoms with Crippen LogP contribution >= 0.6 is 0 Å². The van der Waals surface area contributed by atoms with Crippen molar-refractivity contribution in [3.8, 4) is 17.3 Å². The Kier molecular flexibility index (Phi) is 3.77. The molecule has 0 amide bonds. The van der Waals surface area contributed by atoms with E-state index in [1.807, 2.05) is 37.5 Å². The molecule has 2 heterocycles. The molecule has 0 aliphatic carbocycles. The topological polar surface area (TPSA) is 40.8 Å². The second kappa shape index (κ2) is 6.00. The van der Waals surface area contributed by atoms with Crippen LogP contribution in [0.3, 0.4) is 0 Å². The maximum absolute atomic E-state index is 9.40. The lowest BCUT2D eigenvalue weighted by atomic mass is 9.93. The molecule has 4 aromatic rings. The Morgan fingerprint density at radius 2 is 1.92 bits per heavy atom. The number of pyridine rings is 1. The third kappa shape index (κ3) is 2.38. The smallest absolute Gasteiger partial charge is 0.216 e. The molecule has 3 nitrogen and oxygen atoms in total. The first-order valence-electron chi connectivity index (χ1n) is 8.86. The van der Waals surface area contributed by atoms with Crippen LogP contribution in [-0.2, 0) is 7.05 Å². The lowest BCUT2D eigenvalue weighted by Gasteiger charge is -2.08. The van der Waals surface area contributed by atoms with Crippen LogP contribution in [0.2, 0.25) is 0 Å². The number of rotatable bonds is 2. The predicted octanol–water partition coefficient (Wildman–Crippen LogP) is 5.38. The zero-order valence-corrected chi connectivity index (χ0v) is 15.5. The first-order chi connectivity index (χ1) is 12.5. The number of nitriles is 1. The summed E-state index contributed by atoms with van der Waals surface area (Å²) in [7, 11) is 2.05. The minimum Gasteiger partial charge on any atom is -0.455 e. The van der Waals surface area contributed by atoms with Gasteiger partial charge in [0.1, 0.15) is 18.2 Å². The minimum absolute atomic E-state index is 0.309. The van der Waals surface area contributed by atoms with Crippen molar-refractivity contribution in [3.63, 3.8) is 0 Å². The van der Waals surface area contributed by atoms with Crippen LogP contribution in [0, 0.1) is 18.3 Å². The molecule has 0 radical (unpaired) electrons. The highest BCUT2D eigenvalue weighted by Crippen LogP contribution is 2.40. The van der Waals surface area contributed by atoms with Gasteiger partial charge in [-0.2, -0.15) is 5.26 Å². The van der Waals surface area contributed by atoms with E-state index in [1.54, 1.807) is 0 Å². The molecule has 0 spiro atoms. The Bertz CT molecular complexity index is 1190. The summed E-state index contributed by atoms with van der Waals surface area (Å²) in [5.74, 6) is 0.309. The van der Waals surface area contributed by atoms with Gasteiger partial charge in [-0.3, -0.25) is 0 Å². The standard InChI is InChI=1S/C23H21N2O/c1-14(2)18-11-16(13-24)12-20-22(18)17-9-8-15(3)21(23(17)26-20)19-7-5-6-10-25(19)4/h5-12,14H,1-4H3/q+1. The molecule has 0 aliphatic heterocycles. The Balaban J connectivity index is 2.18. The van der Waals surface area contributed by atoms with Crippen LogP contribution in [0.1, 0.15) is 36.5 Å². The summed E-state index contributed by atoms with van der Waals surface area (Å²) < 4.78 is 8.45. The molecule has 0 aliphatic rings. The second-order valence-corrected chi connectivity index (χ2v) is 7.14. The zero-order valence-electron chi connectivity index (χ0n) is 15.5. The van der Waals surface area contributed by atoms with Gasteiger partial charge in [0.2, 0.25) is 5.69 Å². The summed E-state index contributed by atoms with van der Waals surface area (Å²) in [4.78, 5) is 0. The van der Waals surface area contributed by atoms with Crippen LogP contribution in [-0.4, -0.2) is 0 Å². The lowest BCUT2D eigenvalue weighted by molar-refractivity contribution is -0.660. The van der Waals surface area contributed by atoms with Crippen molar-refractivity contribution < 1.29 is 8.98 Å². The summed E-state index contributed by atoms with van der Waals surface area (Å²) in [6.45, 7) is 6.42. The van der Waals surface area contributed by atoms with Crippen LogP contribution in [0.25, 0.3) is 33.2 Å². The van der Waals surface area contributed by atoms with Gasteiger partial charge >= 0.3 is 0 Å². The molecule has 0 unspecified atom stereocenters. The first kappa shape index (κ1) is 16.4. The van der Waals surface area contributed by atoms with E-state index in [4.69, 9.17) is 4.42 Å². The van der Waals surface area contributed by atoms with Crippen LogP contribution < -0.4 is 4.57 Å². The molecule has 4 rings (SSSR count). The van der Waals surface area contributed by atoms with E-state index >= 15 is 0 Å². The number of nitrogens with zero attached hydrogens (tertiary/aromatic N) is 2. The summed E-state index contributed by atoms with van der Waals surface area (Å²) >= 11 is 0. The Hall–Kier alpha value is -3.12. The van der Waals surface area contributed by atoms with Crippen molar-refractivity contribution in [3.05, 3.63) is 65.4 Å². The van der Waals surface area contributed by atoms with Crippen LogP contribution in [0.15, 0.2) is 53.1 Å². The van der Waals surface area contributed by atoms with E-state index < -0.39 is 0 Å². The van der Waals surface area contributed by atoms with E-state index in [2.05, 4.69) is 49.6 Å². The molecule has 3 heteroatoms. The number of aryl methyl sites for hydroxylation is 2. The molecule has 128 valence electrons. The van der Waals surface area contributed by atoms with Crippen molar-refractivity contribution in [1.82, 2.24) is 0 Å². The molecule has 2 aromatic heterocycles. The van der Waals surface area contributed by atoms with Crippen molar-refractivity contribution in [2.75, 3.05) is 0 Å². The Labute approximate surface area is 153 Å². The van der Waals surface area contributed by atoms with Gasteiger partial charge in [0, 0.05) is 22.9 Å². The summed E-state index contributed by atoms with van der Waals surface area (Å²) in [5.41, 5.74) is 6.86. The van der Waals surface area contributed by atoms with Crippen molar-refractivity contribution in [2.24, 2.45) is 7.05 Å². The summed E-state index contributed by atoms with van der Waals surface area (Å²) in [6.07, 6.45) is 2.05. The maximum atomic E-state index is 9.40. The normalized spacial score (nSPS) is 11.4. The number of furan rings is 1. The van der Waals surface area contributed by atoms with E-state index in [-0.39, 0.29) is 0 Å². The van der Waals surface area contributed by atoms with Crippen LogP contribution in [0.4, 0.5) is 0 Å². The van der Waals surface area contributed by atoms with Gasteiger partial charge in [-0.15, -0.1) is 0 Å². The number of benzene rings is 2. The highest BCUT2D eigenvalue weighted by Gasteiger charge is 2.22. The third-order valence-corrected chi connectivity index (χ3v) is 5.04. The summed E-state index contributed by atoms with van der Waals surface area (Å²) in [6, 6.07) is 16.6. The van der Waals surface area contributed by atoms with Crippen molar-refractivity contribution >= 4 is 21.9 Å². The fourth-order valence-corrected chi connectivity index (χ4v) is 3.72. The molecule has 0 N–H and O–H groups in total. The Morgan fingerprint density at radius 3 is 2.62 bits per heavy atom. The fourth-order valence-electron chi connectivity index (χ4n) is 3.72. The van der Waals surface area contributed by atoms with Gasteiger partial charge in [0.15, 0.2) is 6.20 Å². The monoisotopic (exact) mass is 341 g/mol. The van der Waals surface area contributed by atoms with Crippen molar-refractivity contribution in [1.29, 1.82) is 5.26 Å². The number of aromatic nitrogens is 1. The first-order valence-corrected chi connectivity index (χ1v) is 8.86. The van der Waals surface area contributed by atoms with Gasteiger partial charge in [0.25, 0.3) is 0 Å². The van der Waals surface area contributed by atoms with Gasteiger partial charge in [0.05, 0.1) is 17.2 Å². The molecule has 0 atom stereocenters. The van der Waals surface area contributed by atoms with Gasteiger partial charge < -0.3 is 4.42 Å². The molecule has 26 heavy (non-hydrogen) atoms. The maximum Gasteiger partial charge on any atom is 0.216 e. The lowest BCUT2D eigenvalue weighted by Crippen LogP contribution is -2.30. The van der Waals surface area contributed by atoms with Gasteiger partial charge in [-0.25, -0.2) is 4.57 Å². The summed E-state index contributed by atoms with van der Waals surface area (Å²) in [5, 5.41) is 11.6. The zero-order chi connectivity index (χ0) is 18.4. The largest absolute Gasteiger partial charge is 0.455 e. The molecule has 0 bridgehead atoms. The van der Waals surface area contributed by atoms with E-state index in [0.29, 0.717) is 11.5 Å². The fraction of sp³-hybridized carbons (Fsp3) is 0.217. The van der Waals surface area contributed by atoms with E-state index in [1.165, 1.54) is 5.56 Å². The van der Waals surface area contributed by atoms with Crippen molar-refractivity contribution in [2.45, 2.75) is 26.7 Å². The SMILES string of the molecule is Cc1ccc2c(oc3cc(C#N)cc(C(C)C)c32)c1-c1cccc[n+]1C. The second-order valence-electron chi connectivity index (χ2n) is 7.14. The molecule has 0 fully saturated rings.